The Labute approximate surface area is 93.7 Å². The number of phenols is 1. The topological polar surface area (TPSA) is 20.2 Å². The number of rotatable bonds is 0. The Bertz CT molecular complexity index is 596. The van der Waals surface area contributed by atoms with Gasteiger partial charge in [-0.15, -0.1) is 0 Å². The number of hydrogen-bond donors (Lipinski definition) is 1. The Balaban J connectivity index is 2.49. The van der Waals surface area contributed by atoms with E-state index in [4.69, 9.17) is 0 Å². The molecular weight excluding hydrogens is 251 g/mol. The van der Waals surface area contributed by atoms with Crippen molar-refractivity contribution >= 4 is 34.9 Å². The van der Waals surface area contributed by atoms with Gasteiger partial charge in [0.05, 0.1) is 0 Å². The third-order valence-electron chi connectivity index (χ3n) is 2.73. The molecule has 74 valence electrons. The van der Waals surface area contributed by atoms with Gasteiger partial charge in [-0.1, -0.05) is 0 Å². The van der Waals surface area contributed by atoms with E-state index < -0.39 is 0 Å². The van der Waals surface area contributed by atoms with Crippen LogP contribution in [0.5, 0.6) is 5.75 Å². The van der Waals surface area contributed by atoms with Gasteiger partial charge in [-0.05, 0) is 0 Å². The van der Waals surface area contributed by atoms with Gasteiger partial charge in [0.25, 0.3) is 0 Å². The van der Waals surface area contributed by atoms with E-state index in [1.165, 1.54) is 15.0 Å². The van der Waals surface area contributed by atoms with Crippen molar-refractivity contribution in [2.75, 3.05) is 0 Å². The summed E-state index contributed by atoms with van der Waals surface area (Å²) in [5.41, 5.74) is 0.945. The Morgan fingerprint density at radius 2 is 1.80 bits per heavy atom. The molecule has 0 unspecified atom stereocenters. The minimum atomic E-state index is 0.384. The fourth-order valence-electron chi connectivity index (χ4n) is 1.86. The molecule has 2 heteroatoms. The number of aryl methyl sites for hydroxylation is 1. The summed E-state index contributed by atoms with van der Waals surface area (Å²) >= 11 is 0.495. The predicted octanol–water partition coefficient (Wildman–Crippen LogP) is 3.06. The molecule has 2 aromatic carbocycles. The van der Waals surface area contributed by atoms with Crippen molar-refractivity contribution in [3.8, 4) is 5.75 Å². The first-order chi connectivity index (χ1) is 7.24. The molecule has 0 spiro atoms. The van der Waals surface area contributed by atoms with Crippen molar-refractivity contribution in [1.29, 1.82) is 0 Å². The average Bonchev–Trinajstić information content (AvgIpc) is 2.63. The molecule has 1 N–H and O–H groups in total. The molecular formula is C13H10OSe. The van der Waals surface area contributed by atoms with Gasteiger partial charge in [0, 0.05) is 0 Å². The first kappa shape index (κ1) is 9.02. The third-order valence-corrected chi connectivity index (χ3v) is 4.57. The summed E-state index contributed by atoms with van der Waals surface area (Å²) in [4.78, 5) is 2.24. The second kappa shape index (κ2) is 3.13. The number of phenolic OH excluding ortho intramolecular Hbond substituents is 1. The van der Waals surface area contributed by atoms with E-state index in [0.29, 0.717) is 20.3 Å². The van der Waals surface area contributed by atoms with Gasteiger partial charge in [-0.3, -0.25) is 0 Å². The van der Waals surface area contributed by atoms with Gasteiger partial charge in [-0.2, -0.15) is 0 Å². The van der Waals surface area contributed by atoms with Gasteiger partial charge in [0.15, 0.2) is 0 Å². The van der Waals surface area contributed by atoms with Crippen molar-refractivity contribution in [2.24, 2.45) is 0 Å². The molecule has 0 saturated carbocycles. The molecule has 0 fully saturated rings. The summed E-state index contributed by atoms with van der Waals surface area (Å²) in [7, 11) is 0. The monoisotopic (exact) mass is 262 g/mol. The van der Waals surface area contributed by atoms with Gasteiger partial charge < -0.3 is 0 Å². The van der Waals surface area contributed by atoms with E-state index >= 15 is 0 Å². The summed E-state index contributed by atoms with van der Waals surface area (Å²) in [6, 6.07) is 10.5. The van der Waals surface area contributed by atoms with Crippen LogP contribution < -0.4 is 0 Å². The van der Waals surface area contributed by atoms with Crippen LogP contribution in [0.3, 0.4) is 0 Å². The van der Waals surface area contributed by atoms with Crippen LogP contribution in [0.2, 0.25) is 0 Å². The zero-order chi connectivity index (χ0) is 10.4. The van der Waals surface area contributed by atoms with Crippen molar-refractivity contribution in [3.05, 3.63) is 40.8 Å². The minimum absolute atomic E-state index is 0.384. The van der Waals surface area contributed by atoms with Gasteiger partial charge >= 0.3 is 93.5 Å². The molecule has 0 aliphatic carbocycles. The summed E-state index contributed by atoms with van der Waals surface area (Å²) in [5.74, 6) is 0.384. The van der Waals surface area contributed by atoms with Crippen LogP contribution in [0.15, 0.2) is 35.3 Å². The predicted molar refractivity (Wildman–Crippen MR) is 64.8 cm³/mol. The Morgan fingerprint density at radius 3 is 2.67 bits per heavy atom. The molecule has 0 aliphatic heterocycles. The van der Waals surface area contributed by atoms with Gasteiger partial charge in [0.1, 0.15) is 0 Å². The van der Waals surface area contributed by atoms with E-state index in [1.807, 2.05) is 13.0 Å². The molecule has 0 aliphatic rings. The van der Waals surface area contributed by atoms with Gasteiger partial charge in [-0.25, -0.2) is 0 Å². The molecule has 0 atom stereocenters. The number of benzene rings is 2. The second-order valence-corrected chi connectivity index (χ2v) is 5.78. The molecule has 3 rings (SSSR count). The number of fused-ring (bicyclic) bond motifs is 2. The molecule has 1 heterocycles. The van der Waals surface area contributed by atoms with Crippen molar-refractivity contribution in [1.82, 2.24) is 0 Å². The van der Waals surface area contributed by atoms with E-state index in [-0.39, 0.29) is 0 Å². The summed E-state index contributed by atoms with van der Waals surface area (Å²) < 4.78 is 1.44. The third kappa shape index (κ3) is 1.38. The number of hydrogen-bond acceptors (Lipinski definition) is 1. The van der Waals surface area contributed by atoms with Crippen LogP contribution in [0.25, 0.3) is 20.4 Å². The Morgan fingerprint density at radius 1 is 1.00 bits per heavy atom. The molecule has 0 bridgehead atoms. The molecule has 0 saturated heterocycles. The number of aromatic hydroxyl groups is 1. The quantitative estimate of drug-likeness (QED) is 0.617. The van der Waals surface area contributed by atoms with E-state index in [2.05, 4.69) is 29.2 Å². The van der Waals surface area contributed by atoms with Gasteiger partial charge in [0.2, 0.25) is 0 Å². The van der Waals surface area contributed by atoms with Crippen molar-refractivity contribution in [2.45, 2.75) is 6.92 Å². The zero-order valence-electron chi connectivity index (χ0n) is 8.32. The molecule has 1 aromatic heterocycles. The Kier molecular flexibility index (Phi) is 1.88. The average molecular weight is 261 g/mol. The normalized spacial score (nSPS) is 11.3. The zero-order valence-corrected chi connectivity index (χ0v) is 10.0. The van der Waals surface area contributed by atoms with Crippen LogP contribution >= 0.6 is 0 Å². The van der Waals surface area contributed by atoms with Crippen LogP contribution in [0.1, 0.15) is 5.56 Å². The summed E-state index contributed by atoms with van der Waals surface area (Å²) in [6.07, 6.45) is 0. The van der Waals surface area contributed by atoms with E-state index in [1.54, 1.807) is 0 Å². The van der Waals surface area contributed by atoms with Crippen LogP contribution in [0, 0.1) is 6.92 Å². The van der Waals surface area contributed by atoms with Crippen molar-refractivity contribution in [3.63, 3.8) is 0 Å². The van der Waals surface area contributed by atoms with Crippen LogP contribution in [-0.4, -0.2) is 19.6 Å². The molecule has 1 nitrogen and oxygen atoms in total. The SMILES string of the molecule is Cc1cc2cc3[se]ccc3cc2cc1O. The fraction of sp³-hybridized carbons (Fsp3) is 0.0769. The maximum atomic E-state index is 9.65. The van der Waals surface area contributed by atoms with E-state index in [9.17, 15) is 5.11 Å². The summed E-state index contributed by atoms with van der Waals surface area (Å²) in [6.45, 7) is 1.94. The van der Waals surface area contributed by atoms with Crippen LogP contribution in [0.4, 0.5) is 0 Å². The molecule has 0 radical (unpaired) electrons. The molecule has 0 amide bonds. The molecule has 15 heavy (non-hydrogen) atoms. The van der Waals surface area contributed by atoms with Crippen LogP contribution in [-0.2, 0) is 0 Å². The molecule has 3 aromatic rings. The second-order valence-electron chi connectivity index (χ2n) is 3.80. The van der Waals surface area contributed by atoms with Crippen molar-refractivity contribution < 1.29 is 5.11 Å². The first-order valence-corrected chi connectivity index (χ1v) is 6.69. The van der Waals surface area contributed by atoms with E-state index in [0.717, 1.165) is 10.9 Å². The summed E-state index contributed by atoms with van der Waals surface area (Å²) in [5, 5.41) is 13.3. The standard InChI is InChI=1S/C13H10OSe/c1-8-4-10-7-13-9(2-3-15-13)5-11(10)6-12(8)14/h2-7,14H,1H3. The Hall–Kier alpha value is -1.24. The fourth-order valence-corrected chi connectivity index (χ4v) is 3.58. The maximum absolute atomic E-state index is 9.65. The first-order valence-electron chi connectivity index (χ1n) is 4.84.